The molecule has 1 N–H and O–H groups in total. The highest BCUT2D eigenvalue weighted by atomic mass is 19.4. The summed E-state index contributed by atoms with van der Waals surface area (Å²) in [6.45, 7) is 3.05. The maximum Gasteiger partial charge on any atom is 0.413 e. The second-order valence-electron chi connectivity index (χ2n) is 2.58. The predicted molar refractivity (Wildman–Crippen MR) is 41.1 cm³/mol. The van der Waals surface area contributed by atoms with Gasteiger partial charge in [-0.15, -0.1) is 0 Å². The van der Waals surface area contributed by atoms with Gasteiger partial charge in [-0.1, -0.05) is 0 Å². The van der Waals surface area contributed by atoms with Gasteiger partial charge in [0, 0.05) is 6.61 Å². The average molecular weight is 201 g/mol. The van der Waals surface area contributed by atoms with Crippen LogP contribution in [0.5, 0.6) is 0 Å². The second-order valence-corrected chi connectivity index (χ2v) is 2.58. The van der Waals surface area contributed by atoms with Crippen molar-refractivity contribution < 1.29 is 22.7 Å². The fraction of sp³-hybridized carbons (Fsp3) is 1.00. The van der Waals surface area contributed by atoms with Crippen LogP contribution in [0.1, 0.15) is 13.8 Å². The highest BCUT2D eigenvalue weighted by Gasteiger charge is 2.27. The lowest BCUT2D eigenvalue weighted by Crippen LogP contribution is -2.34. The molecule has 1 atom stereocenters. The molecule has 0 aliphatic rings. The van der Waals surface area contributed by atoms with Crippen molar-refractivity contribution in [3.63, 3.8) is 0 Å². The molecule has 6 heteroatoms. The Morgan fingerprint density at radius 3 is 2.46 bits per heavy atom. The van der Waals surface area contributed by atoms with E-state index in [9.17, 15) is 13.2 Å². The van der Waals surface area contributed by atoms with E-state index < -0.39 is 12.8 Å². The van der Waals surface area contributed by atoms with Gasteiger partial charge in [0.1, 0.15) is 0 Å². The summed E-state index contributed by atoms with van der Waals surface area (Å²) in [6.07, 6.45) is -4.29. The van der Waals surface area contributed by atoms with Crippen molar-refractivity contribution in [3.05, 3.63) is 0 Å². The Morgan fingerprint density at radius 1 is 1.38 bits per heavy atom. The zero-order valence-electron chi connectivity index (χ0n) is 7.65. The van der Waals surface area contributed by atoms with Crippen molar-refractivity contribution in [2.45, 2.75) is 26.1 Å². The summed E-state index contributed by atoms with van der Waals surface area (Å²) in [5.74, 6) is 0. The lowest BCUT2D eigenvalue weighted by Gasteiger charge is -2.14. The Kier molecular flexibility index (Phi) is 6.02. The van der Waals surface area contributed by atoms with Crippen LogP contribution < -0.4 is 5.48 Å². The first kappa shape index (κ1) is 12.7. The lowest BCUT2D eigenvalue weighted by molar-refractivity contribution is -0.193. The molecular formula is C7H14F3NO2. The van der Waals surface area contributed by atoms with Crippen LogP contribution in [-0.2, 0) is 9.57 Å². The fourth-order valence-electron chi connectivity index (χ4n) is 0.594. The first-order valence-corrected chi connectivity index (χ1v) is 3.97. The normalized spacial score (nSPS) is 14.5. The molecule has 13 heavy (non-hydrogen) atoms. The van der Waals surface area contributed by atoms with E-state index in [2.05, 4.69) is 10.3 Å². The minimum Gasteiger partial charge on any atom is -0.380 e. The van der Waals surface area contributed by atoms with Gasteiger partial charge in [-0.2, -0.15) is 18.7 Å². The molecule has 1 unspecified atom stereocenters. The minimum atomic E-state index is -4.29. The summed E-state index contributed by atoms with van der Waals surface area (Å²) in [6, 6.07) is -0.248. The third-order valence-electron chi connectivity index (χ3n) is 1.09. The standard InChI is InChI=1S/C7H14F3NO2/c1-3-12-4-6(2)11-13-5-7(8,9)10/h6,11H,3-5H2,1-2H3. The van der Waals surface area contributed by atoms with E-state index in [1.54, 1.807) is 6.92 Å². The summed E-state index contributed by atoms with van der Waals surface area (Å²) >= 11 is 0. The van der Waals surface area contributed by atoms with Crippen molar-refractivity contribution in [2.75, 3.05) is 19.8 Å². The number of rotatable bonds is 6. The van der Waals surface area contributed by atoms with Gasteiger partial charge >= 0.3 is 6.18 Å². The van der Waals surface area contributed by atoms with Crippen molar-refractivity contribution in [1.82, 2.24) is 5.48 Å². The summed E-state index contributed by atoms with van der Waals surface area (Å²) in [5, 5.41) is 0. The molecular weight excluding hydrogens is 187 g/mol. The van der Waals surface area contributed by atoms with Gasteiger partial charge < -0.3 is 4.74 Å². The molecule has 0 radical (unpaired) electrons. The molecule has 0 spiro atoms. The van der Waals surface area contributed by atoms with Crippen LogP contribution in [0.15, 0.2) is 0 Å². The molecule has 0 aliphatic carbocycles. The van der Waals surface area contributed by atoms with Gasteiger partial charge in [-0.3, -0.25) is 4.84 Å². The molecule has 80 valence electrons. The van der Waals surface area contributed by atoms with Crippen LogP contribution in [0.2, 0.25) is 0 Å². The smallest absolute Gasteiger partial charge is 0.380 e. The minimum absolute atomic E-state index is 0.248. The van der Waals surface area contributed by atoms with Crippen LogP contribution in [0.25, 0.3) is 0 Å². The zero-order chi connectivity index (χ0) is 10.3. The molecule has 3 nitrogen and oxygen atoms in total. The molecule has 0 fully saturated rings. The molecule has 0 heterocycles. The van der Waals surface area contributed by atoms with E-state index in [-0.39, 0.29) is 6.04 Å². The SMILES string of the molecule is CCOCC(C)NOCC(F)(F)F. The van der Waals surface area contributed by atoms with Crippen molar-refractivity contribution in [2.24, 2.45) is 0 Å². The molecule has 0 aliphatic heterocycles. The van der Waals surface area contributed by atoms with Crippen molar-refractivity contribution in [1.29, 1.82) is 0 Å². The van der Waals surface area contributed by atoms with E-state index in [1.165, 1.54) is 0 Å². The Labute approximate surface area is 75.2 Å². The molecule has 0 bridgehead atoms. The van der Waals surface area contributed by atoms with Crippen molar-refractivity contribution >= 4 is 0 Å². The van der Waals surface area contributed by atoms with Crippen LogP contribution in [0, 0.1) is 0 Å². The maximum atomic E-state index is 11.6. The number of hydrogen-bond donors (Lipinski definition) is 1. The number of nitrogens with one attached hydrogen (secondary N) is 1. The highest BCUT2D eigenvalue weighted by Crippen LogP contribution is 2.13. The van der Waals surface area contributed by atoms with Gasteiger partial charge in [-0.25, -0.2) is 0 Å². The Hall–Kier alpha value is -0.330. The largest absolute Gasteiger partial charge is 0.413 e. The monoisotopic (exact) mass is 201 g/mol. The number of halogens is 3. The zero-order valence-corrected chi connectivity index (χ0v) is 7.65. The average Bonchev–Trinajstić information content (AvgIpc) is 1.98. The molecule has 0 rings (SSSR count). The van der Waals surface area contributed by atoms with E-state index >= 15 is 0 Å². The number of ether oxygens (including phenoxy) is 1. The van der Waals surface area contributed by atoms with E-state index in [0.717, 1.165) is 0 Å². The van der Waals surface area contributed by atoms with Gasteiger partial charge in [0.05, 0.1) is 12.6 Å². The first-order valence-electron chi connectivity index (χ1n) is 3.97. The topological polar surface area (TPSA) is 30.5 Å². The molecule has 0 amide bonds. The van der Waals surface area contributed by atoms with E-state index in [4.69, 9.17) is 4.74 Å². The third-order valence-corrected chi connectivity index (χ3v) is 1.09. The molecule has 0 aromatic carbocycles. The van der Waals surface area contributed by atoms with Crippen LogP contribution in [-0.4, -0.2) is 32.0 Å². The molecule has 0 aromatic rings. The summed E-state index contributed by atoms with van der Waals surface area (Å²) in [7, 11) is 0. The van der Waals surface area contributed by atoms with E-state index in [0.29, 0.717) is 13.2 Å². The van der Waals surface area contributed by atoms with Gasteiger partial charge in [0.15, 0.2) is 6.61 Å². The summed E-state index contributed by atoms with van der Waals surface area (Å²) in [4.78, 5) is 4.20. The van der Waals surface area contributed by atoms with Crippen molar-refractivity contribution in [3.8, 4) is 0 Å². The summed E-state index contributed by atoms with van der Waals surface area (Å²) < 4.78 is 39.6. The Morgan fingerprint density at radius 2 is 2.00 bits per heavy atom. The number of hydroxylamine groups is 1. The summed E-state index contributed by atoms with van der Waals surface area (Å²) in [5.41, 5.74) is 2.23. The lowest BCUT2D eigenvalue weighted by atomic mass is 10.4. The van der Waals surface area contributed by atoms with Gasteiger partial charge in [0.25, 0.3) is 0 Å². The molecule has 0 saturated carbocycles. The second kappa shape index (κ2) is 6.17. The van der Waals surface area contributed by atoms with Crippen LogP contribution in [0.4, 0.5) is 13.2 Å². The number of alkyl halides is 3. The highest BCUT2D eigenvalue weighted by molar-refractivity contribution is 4.52. The van der Waals surface area contributed by atoms with Crippen LogP contribution in [0.3, 0.4) is 0 Å². The van der Waals surface area contributed by atoms with Crippen LogP contribution >= 0.6 is 0 Å². The fourth-order valence-corrected chi connectivity index (χ4v) is 0.594. The Balaban J connectivity index is 3.31. The number of hydrogen-bond acceptors (Lipinski definition) is 3. The maximum absolute atomic E-state index is 11.6. The predicted octanol–water partition coefficient (Wildman–Crippen LogP) is 1.49. The van der Waals surface area contributed by atoms with Gasteiger partial charge in [0.2, 0.25) is 0 Å². The molecule has 0 saturated heterocycles. The molecule has 0 aromatic heterocycles. The first-order chi connectivity index (χ1) is 5.95. The quantitative estimate of drug-likeness (QED) is 0.660. The van der Waals surface area contributed by atoms with E-state index in [1.807, 2.05) is 6.92 Å². The Bertz CT molecular complexity index is 129. The third kappa shape index (κ3) is 9.59. The van der Waals surface area contributed by atoms with Gasteiger partial charge in [-0.05, 0) is 13.8 Å².